The van der Waals surface area contributed by atoms with Crippen molar-refractivity contribution in [3.05, 3.63) is 76.0 Å². The molecule has 1 N–H and O–H groups in total. The largest absolute Gasteiger partial charge is 0.345 e. The van der Waals surface area contributed by atoms with E-state index in [4.69, 9.17) is 0 Å². The van der Waals surface area contributed by atoms with E-state index < -0.39 is 0 Å². The number of imidazole rings is 1. The molecule has 1 amide bonds. The Morgan fingerprint density at radius 2 is 2.12 bits per heavy atom. The Labute approximate surface area is 144 Å². The summed E-state index contributed by atoms with van der Waals surface area (Å²) in [6.45, 7) is 1.14. The van der Waals surface area contributed by atoms with Crippen LogP contribution in [0.15, 0.2) is 53.7 Å². The first-order valence-corrected chi connectivity index (χ1v) is 8.19. The minimum absolute atomic E-state index is 0.00657. The van der Waals surface area contributed by atoms with Gasteiger partial charge in [-0.25, -0.2) is 4.98 Å². The minimum Gasteiger partial charge on any atom is -0.345 e. The number of aromatic nitrogens is 3. The number of amides is 1. The van der Waals surface area contributed by atoms with Crippen LogP contribution >= 0.6 is 0 Å². The molecule has 126 valence electrons. The Hall–Kier alpha value is -3.15. The van der Waals surface area contributed by atoms with Crippen molar-refractivity contribution in [3.63, 3.8) is 0 Å². The standard InChI is InChI=1S/C19H18N4O2/c1-22-11-16-12-23(8-5-13(16)10-17(22)24)19(25)15-4-2-3-14(9-15)18-20-6-7-21-18/h2-4,6-7,9-11H,5,8,12H2,1H3,(H,20,21). The van der Waals surface area contributed by atoms with Crippen molar-refractivity contribution in [1.82, 2.24) is 19.4 Å². The number of hydrogen-bond donors (Lipinski definition) is 1. The maximum atomic E-state index is 12.9. The first kappa shape index (κ1) is 15.4. The molecular weight excluding hydrogens is 316 g/mol. The second-order valence-corrected chi connectivity index (χ2v) is 6.27. The highest BCUT2D eigenvalue weighted by Gasteiger charge is 2.22. The van der Waals surface area contributed by atoms with Crippen LogP contribution in [0.25, 0.3) is 11.4 Å². The van der Waals surface area contributed by atoms with Crippen molar-refractivity contribution in [3.8, 4) is 11.4 Å². The van der Waals surface area contributed by atoms with Crippen LogP contribution in [0.3, 0.4) is 0 Å². The fourth-order valence-electron chi connectivity index (χ4n) is 3.22. The number of nitrogens with one attached hydrogen (secondary N) is 1. The van der Waals surface area contributed by atoms with Gasteiger partial charge in [-0.05, 0) is 29.7 Å². The van der Waals surface area contributed by atoms with Crippen LogP contribution in [0.5, 0.6) is 0 Å². The summed E-state index contributed by atoms with van der Waals surface area (Å²) in [5.41, 5.74) is 3.59. The summed E-state index contributed by atoms with van der Waals surface area (Å²) >= 11 is 0. The number of carbonyl (C=O) groups is 1. The minimum atomic E-state index is -0.00956. The number of fused-ring (bicyclic) bond motifs is 1. The van der Waals surface area contributed by atoms with E-state index in [-0.39, 0.29) is 11.5 Å². The predicted molar refractivity (Wildman–Crippen MR) is 94.2 cm³/mol. The molecular formula is C19H18N4O2. The molecule has 0 radical (unpaired) electrons. The first-order valence-electron chi connectivity index (χ1n) is 8.19. The number of H-pyrrole nitrogens is 1. The molecule has 0 atom stereocenters. The van der Waals surface area contributed by atoms with E-state index in [1.54, 1.807) is 30.1 Å². The predicted octanol–water partition coefficient (Wildman–Crippen LogP) is 1.97. The zero-order valence-electron chi connectivity index (χ0n) is 13.9. The van der Waals surface area contributed by atoms with E-state index in [2.05, 4.69) is 9.97 Å². The van der Waals surface area contributed by atoms with E-state index >= 15 is 0 Å². The molecule has 25 heavy (non-hydrogen) atoms. The van der Waals surface area contributed by atoms with Gasteiger partial charge >= 0.3 is 0 Å². The summed E-state index contributed by atoms with van der Waals surface area (Å²) in [7, 11) is 1.73. The molecule has 6 nitrogen and oxygen atoms in total. The van der Waals surface area contributed by atoms with Gasteiger partial charge in [0.05, 0.1) is 0 Å². The van der Waals surface area contributed by atoms with Crippen LogP contribution in [-0.2, 0) is 20.0 Å². The number of carbonyl (C=O) groups excluding carboxylic acids is 1. The number of rotatable bonds is 2. The molecule has 0 saturated heterocycles. The zero-order valence-corrected chi connectivity index (χ0v) is 13.9. The molecule has 0 bridgehead atoms. The zero-order chi connectivity index (χ0) is 17.4. The van der Waals surface area contributed by atoms with E-state index in [1.165, 1.54) is 0 Å². The first-order chi connectivity index (χ1) is 12.1. The third kappa shape index (κ3) is 2.87. The number of hydrogen-bond acceptors (Lipinski definition) is 3. The molecule has 0 unspecified atom stereocenters. The van der Waals surface area contributed by atoms with Crippen molar-refractivity contribution in [2.45, 2.75) is 13.0 Å². The van der Waals surface area contributed by atoms with Gasteiger partial charge < -0.3 is 14.5 Å². The number of nitrogens with zero attached hydrogens (tertiary/aromatic N) is 3. The number of aromatic amines is 1. The number of aryl methyl sites for hydroxylation is 1. The fraction of sp³-hybridized carbons (Fsp3) is 0.211. The van der Waals surface area contributed by atoms with E-state index in [9.17, 15) is 9.59 Å². The summed E-state index contributed by atoms with van der Waals surface area (Å²) in [6.07, 6.45) is 5.98. The number of benzene rings is 1. The van der Waals surface area contributed by atoms with Gasteiger partial charge in [0.1, 0.15) is 5.82 Å². The Kier molecular flexibility index (Phi) is 3.72. The van der Waals surface area contributed by atoms with Crippen LogP contribution in [0.2, 0.25) is 0 Å². The van der Waals surface area contributed by atoms with Crippen LogP contribution in [0.4, 0.5) is 0 Å². The Morgan fingerprint density at radius 3 is 2.92 bits per heavy atom. The molecule has 1 aliphatic rings. The maximum absolute atomic E-state index is 12.9. The van der Waals surface area contributed by atoms with Crippen molar-refractivity contribution in [1.29, 1.82) is 0 Å². The topological polar surface area (TPSA) is 71.0 Å². The molecule has 0 spiro atoms. The SMILES string of the molecule is Cn1cc2c(cc1=O)CCN(C(=O)c1cccc(-c3ncc[nH]3)c1)C2. The van der Waals surface area contributed by atoms with Crippen LogP contribution in [0, 0.1) is 0 Å². The van der Waals surface area contributed by atoms with E-state index in [0.717, 1.165) is 22.5 Å². The van der Waals surface area contributed by atoms with Gasteiger partial charge in [-0.1, -0.05) is 12.1 Å². The summed E-state index contributed by atoms with van der Waals surface area (Å²) in [6, 6.07) is 9.15. The summed E-state index contributed by atoms with van der Waals surface area (Å²) < 4.78 is 1.56. The third-order valence-electron chi connectivity index (χ3n) is 4.59. The lowest BCUT2D eigenvalue weighted by Gasteiger charge is -2.29. The third-order valence-corrected chi connectivity index (χ3v) is 4.59. The molecule has 3 aromatic rings. The molecule has 0 aliphatic carbocycles. The lowest BCUT2D eigenvalue weighted by molar-refractivity contribution is 0.0734. The highest BCUT2D eigenvalue weighted by molar-refractivity contribution is 5.95. The van der Waals surface area contributed by atoms with Gasteiger partial charge in [-0.15, -0.1) is 0 Å². The second-order valence-electron chi connectivity index (χ2n) is 6.27. The average molecular weight is 334 g/mol. The molecule has 1 aromatic carbocycles. The Balaban J connectivity index is 1.61. The Morgan fingerprint density at radius 1 is 1.24 bits per heavy atom. The molecule has 0 saturated carbocycles. The van der Waals surface area contributed by atoms with E-state index in [1.807, 2.05) is 35.4 Å². The normalized spacial score (nSPS) is 13.6. The Bertz CT molecular complexity index is 989. The molecule has 0 fully saturated rings. The van der Waals surface area contributed by atoms with Crippen LogP contribution < -0.4 is 5.56 Å². The smallest absolute Gasteiger partial charge is 0.254 e. The molecule has 6 heteroatoms. The van der Waals surface area contributed by atoms with Gasteiger partial charge in [0, 0.05) is 55.9 Å². The lowest BCUT2D eigenvalue weighted by atomic mass is 10.0. The van der Waals surface area contributed by atoms with Crippen LogP contribution in [-0.4, -0.2) is 31.9 Å². The van der Waals surface area contributed by atoms with Gasteiger partial charge in [0.2, 0.25) is 0 Å². The highest BCUT2D eigenvalue weighted by atomic mass is 16.2. The quantitative estimate of drug-likeness (QED) is 0.779. The molecule has 1 aliphatic heterocycles. The van der Waals surface area contributed by atoms with Gasteiger partial charge in [0.15, 0.2) is 0 Å². The average Bonchev–Trinajstić information content (AvgIpc) is 3.16. The van der Waals surface area contributed by atoms with Gasteiger partial charge in [-0.2, -0.15) is 0 Å². The highest BCUT2D eigenvalue weighted by Crippen LogP contribution is 2.21. The van der Waals surface area contributed by atoms with Gasteiger partial charge in [0.25, 0.3) is 11.5 Å². The summed E-state index contributed by atoms with van der Waals surface area (Å²) in [4.78, 5) is 33.8. The van der Waals surface area contributed by atoms with Gasteiger partial charge in [-0.3, -0.25) is 9.59 Å². The molecule has 2 aromatic heterocycles. The summed E-state index contributed by atoms with van der Waals surface area (Å²) in [5, 5.41) is 0. The van der Waals surface area contributed by atoms with Crippen molar-refractivity contribution < 1.29 is 4.79 Å². The maximum Gasteiger partial charge on any atom is 0.254 e. The lowest BCUT2D eigenvalue weighted by Crippen LogP contribution is -2.37. The monoisotopic (exact) mass is 334 g/mol. The summed E-state index contributed by atoms with van der Waals surface area (Å²) in [5.74, 6) is 0.738. The van der Waals surface area contributed by atoms with Crippen molar-refractivity contribution in [2.75, 3.05) is 6.54 Å². The van der Waals surface area contributed by atoms with Crippen molar-refractivity contribution >= 4 is 5.91 Å². The molecule has 4 rings (SSSR count). The van der Waals surface area contributed by atoms with Crippen molar-refractivity contribution in [2.24, 2.45) is 7.05 Å². The van der Waals surface area contributed by atoms with Crippen LogP contribution in [0.1, 0.15) is 21.5 Å². The fourth-order valence-corrected chi connectivity index (χ4v) is 3.22. The molecule has 3 heterocycles. The van der Waals surface area contributed by atoms with E-state index in [0.29, 0.717) is 25.1 Å². The number of pyridine rings is 1. The second kappa shape index (κ2) is 6.05.